The summed E-state index contributed by atoms with van der Waals surface area (Å²) in [6, 6.07) is 0.945. The highest BCUT2D eigenvalue weighted by Crippen LogP contribution is 2.22. The van der Waals surface area contributed by atoms with Gasteiger partial charge in [-0.1, -0.05) is 6.42 Å². The van der Waals surface area contributed by atoms with Gasteiger partial charge in [-0.05, 0) is 33.6 Å². The lowest BCUT2D eigenvalue weighted by atomic mass is 9.97. The molecule has 1 aliphatic heterocycles. The van der Waals surface area contributed by atoms with Crippen LogP contribution in [-0.2, 0) is 14.3 Å². The van der Waals surface area contributed by atoms with Gasteiger partial charge in [0.25, 0.3) is 0 Å². The summed E-state index contributed by atoms with van der Waals surface area (Å²) < 4.78 is 4.82. The molecule has 4 heteroatoms. The van der Waals surface area contributed by atoms with Crippen molar-refractivity contribution >= 4 is 11.8 Å². The van der Waals surface area contributed by atoms with Crippen molar-refractivity contribution in [3.05, 3.63) is 0 Å². The molecule has 0 N–H and O–H groups in total. The van der Waals surface area contributed by atoms with E-state index in [2.05, 4.69) is 18.7 Å². The number of carbonyl (C=O) groups is 2. The van der Waals surface area contributed by atoms with E-state index in [1.54, 1.807) is 6.92 Å². The van der Waals surface area contributed by atoms with E-state index in [4.69, 9.17) is 4.74 Å². The highest BCUT2D eigenvalue weighted by Gasteiger charge is 2.26. The Hall–Kier alpha value is -0.900. The molecule has 1 aliphatic rings. The second kappa shape index (κ2) is 7.52. The van der Waals surface area contributed by atoms with E-state index in [-0.39, 0.29) is 18.2 Å². The fraction of sp³-hybridized carbons (Fsp3) is 0.857. The lowest BCUT2D eigenvalue weighted by Gasteiger charge is -2.38. The van der Waals surface area contributed by atoms with E-state index < -0.39 is 0 Å². The van der Waals surface area contributed by atoms with Crippen molar-refractivity contribution in [1.29, 1.82) is 0 Å². The fourth-order valence-electron chi connectivity index (χ4n) is 2.54. The third kappa shape index (κ3) is 4.77. The largest absolute Gasteiger partial charge is 0.466 e. The molecular weight excluding hydrogens is 230 g/mol. The van der Waals surface area contributed by atoms with Crippen LogP contribution in [0.4, 0.5) is 0 Å². The number of ketones is 1. The summed E-state index contributed by atoms with van der Waals surface area (Å²) in [6.07, 6.45) is 4.08. The second-order valence-corrected chi connectivity index (χ2v) is 5.14. The third-order valence-corrected chi connectivity index (χ3v) is 3.65. The van der Waals surface area contributed by atoms with Crippen LogP contribution in [0, 0.1) is 0 Å². The van der Waals surface area contributed by atoms with Gasteiger partial charge < -0.3 is 4.74 Å². The van der Waals surface area contributed by atoms with E-state index >= 15 is 0 Å². The highest BCUT2D eigenvalue weighted by atomic mass is 16.5. The number of carbonyl (C=O) groups excluding carboxylic acids is 2. The number of hydrogen-bond donors (Lipinski definition) is 0. The predicted molar refractivity (Wildman–Crippen MR) is 70.4 cm³/mol. The molecule has 18 heavy (non-hydrogen) atoms. The Morgan fingerprint density at radius 3 is 2.33 bits per heavy atom. The zero-order chi connectivity index (χ0) is 13.5. The Morgan fingerprint density at radius 2 is 1.78 bits per heavy atom. The second-order valence-electron chi connectivity index (χ2n) is 5.14. The average molecular weight is 255 g/mol. The summed E-state index contributed by atoms with van der Waals surface area (Å²) in [4.78, 5) is 25.3. The Balaban J connectivity index is 2.32. The van der Waals surface area contributed by atoms with Gasteiger partial charge in [0.2, 0.25) is 0 Å². The topological polar surface area (TPSA) is 46.6 Å². The molecule has 1 fully saturated rings. The van der Waals surface area contributed by atoms with Gasteiger partial charge in [0, 0.05) is 18.5 Å². The van der Waals surface area contributed by atoms with Crippen LogP contribution in [0.3, 0.4) is 0 Å². The number of rotatable bonds is 6. The molecule has 104 valence electrons. The summed E-state index contributed by atoms with van der Waals surface area (Å²) in [5.41, 5.74) is 0. The molecular formula is C14H25NO3. The number of esters is 1. The zero-order valence-electron chi connectivity index (χ0n) is 11.8. The number of nitrogens with zero attached hydrogens (tertiary/aromatic N) is 1. The first-order chi connectivity index (χ1) is 8.54. The molecule has 0 spiro atoms. The minimum absolute atomic E-state index is 0.142. The van der Waals surface area contributed by atoms with Crippen LogP contribution in [-0.4, -0.2) is 41.9 Å². The molecule has 0 bridgehead atoms. The van der Waals surface area contributed by atoms with Crippen LogP contribution >= 0.6 is 0 Å². The van der Waals surface area contributed by atoms with Crippen molar-refractivity contribution in [3.63, 3.8) is 0 Å². The van der Waals surface area contributed by atoms with E-state index in [9.17, 15) is 9.59 Å². The minimum atomic E-state index is -0.273. The number of piperidine rings is 1. The molecule has 1 rings (SSSR count). The molecule has 0 aromatic carbocycles. The number of hydrogen-bond acceptors (Lipinski definition) is 4. The van der Waals surface area contributed by atoms with Crippen molar-refractivity contribution in [1.82, 2.24) is 4.90 Å². The highest BCUT2D eigenvalue weighted by molar-refractivity contribution is 5.84. The van der Waals surface area contributed by atoms with Crippen molar-refractivity contribution in [2.75, 3.05) is 13.2 Å². The smallest absolute Gasteiger partial charge is 0.306 e. The molecule has 0 aromatic rings. The van der Waals surface area contributed by atoms with Crippen molar-refractivity contribution in [3.8, 4) is 0 Å². The van der Waals surface area contributed by atoms with Crippen molar-refractivity contribution in [2.45, 2.75) is 65.0 Å². The molecule has 0 aromatic heterocycles. The maximum Gasteiger partial charge on any atom is 0.306 e. The molecule has 0 aliphatic carbocycles. The van der Waals surface area contributed by atoms with Gasteiger partial charge in [0.15, 0.2) is 0 Å². The SMILES string of the molecule is CCOC(=O)CCC(=O)CN1[C@H](C)CCC[C@@H]1C. The quantitative estimate of drug-likeness (QED) is 0.682. The molecule has 0 amide bonds. The lowest BCUT2D eigenvalue weighted by molar-refractivity contribution is -0.144. The Morgan fingerprint density at radius 1 is 1.17 bits per heavy atom. The molecule has 1 heterocycles. The Kier molecular flexibility index (Phi) is 6.33. The predicted octanol–water partition coefficient (Wildman–Crippen LogP) is 2.16. The summed E-state index contributed by atoms with van der Waals surface area (Å²) in [6.45, 7) is 6.98. The maximum absolute atomic E-state index is 11.9. The van der Waals surface area contributed by atoms with Gasteiger partial charge in [-0.15, -0.1) is 0 Å². The summed E-state index contributed by atoms with van der Waals surface area (Å²) >= 11 is 0. The normalized spacial score (nSPS) is 24.8. The van der Waals surface area contributed by atoms with Crippen molar-refractivity contribution < 1.29 is 14.3 Å². The fourth-order valence-corrected chi connectivity index (χ4v) is 2.54. The molecule has 1 saturated heterocycles. The number of Topliss-reactive ketones (excluding diaryl/α,β-unsaturated/α-hetero) is 1. The molecule has 2 atom stereocenters. The monoisotopic (exact) mass is 255 g/mol. The van der Waals surface area contributed by atoms with E-state index in [0.29, 0.717) is 31.7 Å². The first-order valence-electron chi connectivity index (χ1n) is 6.97. The van der Waals surface area contributed by atoms with Gasteiger partial charge in [-0.3, -0.25) is 14.5 Å². The van der Waals surface area contributed by atoms with E-state index in [0.717, 1.165) is 12.8 Å². The van der Waals surface area contributed by atoms with Gasteiger partial charge in [-0.2, -0.15) is 0 Å². The first kappa shape index (κ1) is 15.2. The van der Waals surface area contributed by atoms with Crippen molar-refractivity contribution in [2.24, 2.45) is 0 Å². The van der Waals surface area contributed by atoms with E-state index in [1.807, 2.05) is 0 Å². The average Bonchev–Trinajstić information content (AvgIpc) is 2.32. The summed E-state index contributed by atoms with van der Waals surface area (Å²) in [5.74, 6) is -0.130. The maximum atomic E-state index is 11.9. The molecule has 0 unspecified atom stereocenters. The van der Waals surface area contributed by atoms with Crippen LogP contribution in [0.5, 0.6) is 0 Å². The zero-order valence-corrected chi connectivity index (χ0v) is 11.8. The summed E-state index contributed by atoms with van der Waals surface area (Å²) in [5, 5.41) is 0. The van der Waals surface area contributed by atoms with Crippen LogP contribution in [0.2, 0.25) is 0 Å². The summed E-state index contributed by atoms with van der Waals surface area (Å²) in [7, 11) is 0. The minimum Gasteiger partial charge on any atom is -0.466 e. The van der Waals surface area contributed by atoms with Gasteiger partial charge >= 0.3 is 5.97 Å². The van der Waals surface area contributed by atoms with Gasteiger partial charge in [-0.25, -0.2) is 0 Å². The lowest BCUT2D eigenvalue weighted by Crippen LogP contribution is -2.46. The molecule has 0 saturated carbocycles. The third-order valence-electron chi connectivity index (χ3n) is 3.65. The Labute approximate surface area is 110 Å². The number of likely N-dealkylation sites (tertiary alicyclic amines) is 1. The first-order valence-corrected chi connectivity index (χ1v) is 6.97. The van der Waals surface area contributed by atoms with E-state index in [1.165, 1.54) is 6.42 Å². The molecule has 4 nitrogen and oxygen atoms in total. The number of ether oxygens (including phenoxy) is 1. The van der Waals surface area contributed by atoms with Crippen LogP contribution in [0.1, 0.15) is 52.9 Å². The van der Waals surface area contributed by atoms with Crippen LogP contribution < -0.4 is 0 Å². The van der Waals surface area contributed by atoms with Gasteiger partial charge in [0.1, 0.15) is 5.78 Å². The van der Waals surface area contributed by atoms with Crippen LogP contribution in [0.25, 0.3) is 0 Å². The molecule has 0 radical (unpaired) electrons. The standard InChI is InChI=1S/C14H25NO3/c1-4-18-14(17)9-8-13(16)10-15-11(2)6-5-7-12(15)3/h11-12H,4-10H2,1-3H3/t11-,12+. The Bertz CT molecular complexity index is 281. The van der Waals surface area contributed by atoms with Crippen LogP contribution in [0.15, 0.2) is 0 Å². The van der Waals surface area contributed by atoms with Gasteiger partial charge in [0.05, 0.1) is 19.6 Å².